The number of hydrogen-bond acceptors (Lipinski definition) is 7. The Kier molecular flexibility index (Phi) is 6.83. The molecule has 6 rings (SSSR count). The van der Waals surface area contributed by atoms with Crippen molar-refractivity contribution < 1.29 is 17.9 Å². The first-order valence-electron chi connectivity index (χ1n) is 13.6. The summed E-state index contributed by atoms with van der Waals surface area (Å²) in [5, 5.41) is 0.905. The van der Waals surface area contributed by atoms with Crippen LogP contribution in [-0.4, -0.2) is 63.5 Å². The summed E-state index contributed by atoms with van der Waals surface area (Å²) in [6.07, 6.45) is 5.78. The first kappa shape index (κ1) is 27.6. The van der Waals surface area contributed by atoms with Gasteiger partial charge in [-0.05, 0) is 69.3 Å². The number of amides is 1. The summed E-state index contributed by atoms with van der Waals surface area (Å²) in [4.78, 5) is 29.2. The fraction of sp³-hybridized carbons (Fsp3) is 0.290. The topological polar surface area (TPSA) is 109 Å². The molecule has 42 heavy (non-hydrogen) atoms. The molecule has 1 N–H and O–H groups in total. The van der Waals surface area contributed by atoms with Crippen molar-refractivity contribution in [1.82, 2.24) is 14.9 Å². The van der Waals surface area contributed by atoms with E-state index in [0.717, 1.165) is 53.5 Å². The van der Waals surface area contributed by atoms with Crippen molar-refractivity contribution in [2.45, 2.75) is 29.6 Å². The molecular weight excluding hydrogens is 552 g/mol. The summed E-state index contributed by atoms with van der Waals surface area (Å²) in [6, 6.07) is 13.4. The van der Waals surface area contributed by atoms with E-state index >= 15 is 0 Å². The minimum absolute atomic E-state index is 0.0316. The maximum atomic E-state index is 13.4. The van der Waals surface area contributed by atoms with Gasteiger partial charge in [-0.25, -0.2) is 18.2 Å². The van der Waals surface area contributed by atoms with Crippen LogP contribution in [0.15, 0.2) is 65.8 Å². The maximum Gasteiger partial charge on any atom is 0.260 e. The smallest absolute Gasteiger partial charge is 0.260 e. The normalized spacial score (nSPS) is 15.2. The van der Waals surface area contributed by atoms with Crippen molar-refractivity contribution in [3.8, 4) is 17.0 Å². The summed E-state index contributed by atoms with van der Waals surface area (Å²) < 4.78 is 35.3. The number of sulfonamides is 1. The van der Waals surface area contributed by atoms with E-state index in [0.29, 0.717) is 12.2 Å². The van der Waals surface area contributed by atoms with Gasteiger partial charge in [0.1, 0.15) is 5.69 Å². The molecule has 2 aromatic heterocycles. The number of pyridine rings is 2. The molecule has 2 aromatic carbocycles. The Balaban J connectivity index is 1.40. The molecule has 0 bridgehead atoms. The van der Waals surface area contributed by atoms with Crippen molar-refractivity contribution in [1.29, 1.82) is 0 Å². The van der Waals surface area contributed by atoms with Crippen LogP contribution < -0.4 is 14.4 Å². The third-order valence-electron chi connectivity index (χ3n) is 7.83. The van der Waals surface area contributed by atoms with Gasteiger partial charge in [-0.15, -0.1) is 0 Å². The number of rotatable bonds is 9. The fourth-order valence-electron chi connectivity index (χ4n) is 5.52. The summed E-state index contributed by atoms with van der Waals surface area (Å²) in [5.74, 6) is 0.267. The molecule has 0 unspecified atom stereocenters. The SMILES string of the molecule is [C-]#[N+]c1cccc(S(=O)(=O)Nc2cc(-c3ccc4ncc5c(c4c3)C3(CC3)C(=O)N5C)cnc2OCCCN(C)C)c1. The van der Waals surface area contributed by atoms with Crippen LogP contribution in [0.5, 0.6) is 5.88 Å². The molecule has 0 radical (unpaired) electrons. The van der Waals surface area contributed by atoms with Gasteiger partial charge in [0.25, 0.3) is 10.0 Å². The van der Waals surface area contributed by atoms with Crippen molar-refractivity contribution in [3.05, 3.63) is 77.9 Å². The van der Waals surface area contributed by atoms with Gasteiger partial charge in [-0.3, -0.25) is 14.5 Å². The number of benzene rings is 2. The van der Waals surface area contributed by atoms with E-state index in [4.69, 9.17) is 11.3 Å². The summed E-state index contributed by atoms with van der Waals surface area (Å²) in [5.41, 5.74) is 4.04. The number of carbonyl (C=O) groups excluding carboxylic acids is 1. The molecule has 10 nitrogen and oxygen atoms in total. The molecule has 1 fully saturated rings. The number of aromatic nitrogens is 2. The van der Waals surface area contributed by atoms with Crippen LogP contribution in [0, 0.1) is 6.57 Å². The molecule has 1 spiro atoms. The molecule has 214 valence electrons. The third kappa shape index (κ3) is 4.82. The van der Waals surface area contributed by atoms with Crippen LogP contribution in [0.3, 0.4) is 0 Å². The van der Waals surface area contributed by atoms with Gasteiger partial charge in [-0.1, -0.05) is 18.2 Å². The van der Waals surface area contributed by atoms with E-state index in [1.807, 2.05) is 37.2 Å². The second-order valence-corrected chi connectivity index (χ2v) is 12.7. The zero-order valence-corrected chi connectivity index (χ0v) is 24.4. The standard InChI is InChI=1S/C31H30N6O4S/c1-32-22-7-5-8-23(17-22)42(39,40)35-26-16-21(18-34-29(26)41-14-6-13-36(2)3)20-9-10-25-24(15-20)28-27(19-33-25)37(4)30(38)31(28)11-12-31/h5,7-10,15-19,35H,6,11-14H2,2-4H3. The Hall–Kier alpha value is -4.53. The third-order valence-corrected chi connectivity index (χ3v) is 9.19. The van der Waals surface area contributed by atoms with Crippen LogP contribution in [-0.2, 0) is 20.2 Å². The van der Waals surface area contributed by atoms with E-state index in [-0.39, 0.29) is 28.1 Å². The highest BCUT2D eigenvalue weighted by molar-refractivity contribution is 7.92. The van der Waals surface area contributed by atoms with Gasteiger partial charge in [0.05, 0.1) is 40.9 Å². The molecule has 1 aliphatic carbocycles. The van der Waals surface area contributed by atoms with Crippen molar-refractivity contribution in [2.75, 3.05) is 43.9 Å². The average molecular weight is 583 g/mol. The fourth-order valence-corrected chi connectivity index (χ4v) is 6.60. The van der Waals surface area contributed by atoms with E-state index in [1.54, 1.807) is 36.5 Å². The highest BCUT2D eigenvalue weighted by Gasteiger charge is 2.59. The Bertz CT molecular complexity index is 1880. The molecule has 4 aromatic rings. The largest absolute Gasteiger partial charge is 0.476 e. The van der Waals surface area contributed by atoms with Crippen LogP contribution in [0.1, 0.15) is 24.8 Å². The second-order valence-electron chi connectivity index (χ2n) is 11.0. The van der Waals surface area contributed by atoms with Gasteiger partial charge >= 0.3 is 0 Å². The Labute approximate surface area is 244 Å². The van der Waals surface area contributed by atoms with Gasteiger partial charge in [0, 0.05) is 36.3 Å². The number of nitrogens with zero attached hydrogens (tertiary/aromatic N) is 5. The molecule has 2 aliphatic rings. The van der Waals surface area contributed by atoms with Crippen molar-refractivity contribution >= 4 is 43.9 Å². The Morgan fingerprint density at radius 2 is 1.90 bits per heavy atom. The second kappa shape index (κ2) is 10.4. The number of anilines is 2. The maximum absolute atomic E-state index is 13.4. The zero-order valence-electron chi connectivity index (χ0n) is 23.6. The molecule has 1 aliphatic heterocycles. The van der Waals surface area contributed by atoms with Gasteiger partial charge in [0.2, 0.25) is 11.8 Å². The molecule has 3 heterocycles. The van der Waals surface area contributed by atoms with Crippen LogP contribution in [0.25, 0.3) is 26.9 Å². The number of nitrogens with one attached hydrogen (secondary N) is 1. The summed E-state index contributed by atoms with van der Waals surface area (Å²) in [6.45, 7) is 8.41. The minimum Gasteiger partial charge on any atom is -0.476 e. The Morgan fingerprint density at radius 3 is 2.64 bits per heavy atom. The molecule has 1 amide bonds. The molecule has 0 saturated heterocycles. The molecular formula is C31H30N6O4S. The minimum atomic E-state index is -4.05. The lowest BCUT2D eigenvalue weighted by Gasteiger charge is -2.16. The number of hydrogen-bond donors (Lipinski definition) is 1. The van der Waals surface area contributed by atoms with E-state index in [2.05, 4.69) is 19.5 Å². The Morgan fingerprint density at radius 1 is 1.10 bits per heavy atom. The number of carbonyl (C=O) groups is 1. The lowest BCUT2D eigenvalue weighted by molar-refractivity contribution is -0.119. The van der Waals surface area contributed by atoms with Crippen molar-refractivity contribution in [3.63, 3.8) is 0 Å². The quantitative estimate of drug-likeness (QED) is 0.219. The summed E-state index contributed by atoms with van der Waals surface area (Å²) in [7, 11) is 1.68. The van der Waals surface area contributed by atoms with Gasteiger partial charge in [0.15, 0.2) is 5.69 Å². The first-order chi connectivity index (χ1) is 20.1. The average Bonchev–Trinajstić information content (AvgIpc) is 3.76. The number of likely N-dealkylation sites (N-methyl/N-ethyl adjacent to an activating group) is 1. The van der Waals surface area contributed by atoms with Gasteiger partial charge in [-0.2, -0.15) is 0 Å². The molecule has 1 saturated carbocycles. The van der Waals surface area contributed by atoms with E-state index in [9.17, 15) is 13.2 Å². The van der Waals surface area contributed by atoms with E-state index < -0.39 is 15.4 Å². The lowest BCUT2D eigenvalue weighted by atomic mass is 9.92. The first-order valence-corrected chi connectivity index (χ1v) is 15.1. The highest BCUT2D eigenvalue weighted by atomic mass is 32.2. The van der Waals surface area contributed by atoms with Crippen molar-refractivity contribution in [2.24, 2.45) is 0 Å². The zero-order chi connectivity index (χ0) is 29.6. The van der Waals surface area contributed by atoms with Gasteiger partial charge < -0.3 is 14.5 Å². The monoisotopic (exact) mass is 582 g/mol. The summed E-state index contributed by atoms with van der Waals surface area (Å²) >= 11 is 0. The predicted molar refractivity (Wildman–Crippen MR) is 161 cm³/mol. The molecule has 11 heteroatoms. The van der Waals surface area contributed by atoms with E-state index in [1.165, 1.54) is 18.2 Å². The predicted octanol–water partition coefficient (Wildman–Crippen LogP) is 4.99. The van der Waals surface area contributed by atoms with Crippen LogP contribution >= 0.6 is 0 Å². The number of fused-ring (bicyclic) bond motifs is 4. The molecule has 0 atom stereocenters. The van der Waals surface area contributed by atoms with Crippen LogP contribution in [0.2, 0.25) is 0 Å². The lowest BCUT2D eigenvalue weighted by Crippen LogP contribution is -2.28. The van der Waals surface area contributed by atoms with Crippen LogP contribution in [0.4, 0.5) is 17.1 Å². The number of ether oxygens (including phenoxy) is 1. The highest BCUT2D eigenvalue weighted by Crippen LogP contribution is 2.58.